The number of thiophene rings is 1. The topological polar surface area (TPSA) is 102 Å². The number of aromatic nitrogens is 3. The molecule has 0 amide bonds. The van der Waals surface area contributed by atoms with Crippen molar-refractivity contribution in [2.45, 2.75) is 18.8 Å². The number of hydrogen-bond donors (Lipinski definition) is 2. The van der Waals surface area contributed by atoms with Gasteiger partial charge in [0.1, 0.15) is 0 Å². The molecule has 0 spiro atoms. The number of nitrogen functional groups attached to an aromatic ring is 1. The van der Waals surface area contributed by atoms with E-state index < -0.39 is 0 Å². The van der Waals surface area contributed by atoms with Crippen LogP contribution in [-0.4, -0.2) is 20.7 Å². The molecule has 110 valence electrons. The van der Waals surface area contributed by atoms with Crippen molar-refractivity contribution in [2.24, 2.45) is 0 Å². The molecule has 0 saturated heterocycles. The molecule has 3 N–H and O–H groups in total. The summed E-state index contributed by atoms with van der Waals surface area (Å²) < 4.78 is 0. The third kappa shape index (κ3) is 1.93. The van der Waals surface area contributed by atoms with Crippen LogP contribution in [0.5, 0.6) is 0 Å². The lowest BCUT2D eigenvalue weighted by molar-refractivity contribution is 0.0965. The molecule has 1 aliphatic rings. The molecule has 4 rings (SSSR count). The SMILES string of the molecule is Nc1nc2ncc3c(c2c(=O)[nH]1)C[C@H](c1cccs1)CC3=O. The summed E-state index contributed by atoms with van der Waals surface area (Å²) in [6.45, 7) is 0. The van der Waals surface area contributed by atoms with Gasteiger partial charge in [0.05, 0.1) is 5.39 Å². The Labute approximate surface area is 129 Å². The van der Waals surface area contributed by atoms with E-state index in [-0.39, 0.29) is 23.2 Å². The van der Waals surface area contributed by atoms with Gasteiger partial charge in [-0.25, -0.2) is 4.98 Å². The lowest BCUT2D eigenvalue weighted by atomic mass is 9.82. The van der Waals surface area contributed by atoms with Gasteiger partial charge in [0.15, 0.2) is 11.4 Å². The number of hydrogen-bond acceptors (Lipinski definition) is 6. The van der Waals surface area contributed by atoms with Gasteiger partial charge in [-0.2, -0.15) is 4.98 Å². The summed E-state index contributed by atoms with van der Waals surface area (Å²) in [7, 11) is 0. The summed E-state index contributed by atoms with van der Waals surface area (Å²) in [6.07, 6.45) is 2.59. The van der Waals surface area contributed by atoms with Crippen LogP contribution < -0.4 is 11.3 Å². The largest absolute Gasteiger partial charge is 0.369 e. The van der Waals surface area contributed by atoms with Crippen molar-refractivity contribution in [1.29, 1.82) is 0 Å². The van der Waals surface area contributed by atoms with Crippen molar-refractivity contribution in [3.05, 3.63) is 50.1 Å². The standard InChI is InChI=1S/C15H12N4O2S/c16-15-18-13-12(14(21)19-15)8-4-7(11-2-1-3-22-11)5-10(20)9(8)6-17-13/h1-3,6-7H,4-5H2,(H3,16,17,18,19,21)/t7-/m0/s1. The van der Waals surface area contributed by atoms with Crippen LogP contribution in [0, 0.1) is 0 Å². The van der Waals surface area contributed by atoms with Gasteiger partial charge in [-0.05, 0) is 23.4 Å². The lowest BCUT2D eigenvalue weighted by Gasteiger charge is -2.23. The Morgan fingerprint density at radius 1 is 1.32 bits per heavy atom. The zero-order valence-electron chi connectivity index (χ0n) is 11.5. The number of pyridine rings is 1. The van der Waals surface area contributed by atoms with Gasteiger partial charge in [0, 0.05) is 29.0 Å². The Morgan fingerprint density at radius 2 is 2.18 bits per heavy atom. The van der Waals surface area contributed by atoms with Crippen LogP contribution in [0.25, 0.3) is 11.0 Å². The first-order valence-corrected chi connectivity index (χ1v) is 7.75. The lowest BCUT2D eigenvalue weighted by Crippen LogP contribution is -2.22. The Morgan fingerprint density at radius 3 is 2.95 bits per heavy atom. The molecule has 0 aliphatic heterocycles. The predicted octanol–water partition coefficient (Wildman–Crippen LogP) is 1.87. The summed E-state index contributed by atoms with van der Waals surface area (Å²) in [6, 6.07) is 4.00. The molecule has 0 aromatic carbocycles. The van der Waals surface area contributed by atoms with Crippen molar-refractivity contribution in [3.8, 4) is 0 Å². The van der Waals surface area contributed by atoms with E-state index in [1.807, 2.05) is 17.5 Å². The Kier molecular flexibility index (Phi) is 2.83. The van der Waals surface area contributed by atoms with Gasteiger partial charge >= 0.3 is 0 Å². The van der Waals surface area contributed by atoms with E-state index in [4.69, 9.17) is 5.73 Å². The number of carbonyl (C=O) groups is 1. The number of Topliss-reactive ketones (excluding diaryl/α,β-unsaturated/α-hetero) is 1. The monoisotopic (exact) mass is 312 g/mol. The fourth-order valence-corrected chi connectivity index (χ4v) is 3.84. The molecule has 6 nitrogen and oxygen atoms in total. The molecule has 0 unspecified atom stereocenters. The normalized spacial score (nSPS) is 17.6. The molecule has 3 heterocycles. The molecule has 0 fully saturated rings. The van der Waals surface area contributed by atoms with Crippen LogP contribution >= 0.6 is 11.3 Å². The highest BCUT2D eigenvalue weighted by Gasteiger charge is 2.29. The number of nitrogens with one attached hydrogen (secondary N) is 1. The van der Waals surface area contributed by atoms with E-state index >= 15 is 0 Å². The number of nitrogens with two attached hydrogens (primary N) is 1. The number of H-pyrrole nitrogens is 1. The summed E-state index contributed by atoms with van der Waals surface area (Å²) in [5, 5.41) is 2.37. The fourth-order valence-electron chi connectivity index (χ4n) is 3.01. The Balaban J connectivity index is 1.95. The van der Waals surface area contributed by atoms with Crippen molar-refractivity contribution < 1.29 is 4.79 Å². The molecule has 1 atom stereocenters. The highest BCUT2D eigenvalue weighted by atomic mass is 32.1. The minimum Gasteiger partial charge on any atom is -0.369 e. The van der Waals surface area contributed by atoms with Gasteiger partial charge in [0.2, 0.25) is 5.95 Å². The number of carbonyl (C=O) groups excluding carboxylic acids is 1. The van der Waals surface area contributed by atoms with Crippen LogP contribution in [0.3, 0.4) is 0 Å². The predicted molar refractivity (Wildman–Crippen MR) is 84.3 cm³/mol. The van der Waals surface area contributed by atoms with E-state index in [1.54, 1.807) is 11.3 Å². The van der Waals surface area contributed by atoms with Crippen LogP contribution in [-0.2, 0) is 6.42 Å². The number of nitrogens with zero attached hydrogens (tertiary/aromatic N) is 2. The van der Waals surface area contributed by atoms with Crippen LogP contribution in [0.15, 0.2) is 28.5 Å². The summed E-state index contributed by atoms with van der Waals surface area (Å²) in [5.41, 5.74) is 6.77. The van der Waals surface area contributed by atoms with Gasteiger partial charge < -0.3 is 5.73 Å². The van der Waals surface area contributed by atoms with Crippen LogP contribution in [0.4, 0.5) is 5.95 Å². The summed E-state index contributed by atoms with van der Waals surface area (Å²) in [4.78, 5) is 36.5. The highest BCUT2D eigenvalue weighted by Crippen LogP contribution is 2.36. The maximum atomic E-state index is 12.4. The van der Waals surface area contributed by atoms with E-state index in [9.17, 15) is 9.59 Å². The molecule has 22 heavy (non-hydrogen) atoms. The zero-order chi connectivity index (χ0) is 15.3. The van der Waals surface area contributed by atoms with E-state index in [1.165, 1.54) is 6.20 Å². The smallest absolute Gasteiger partial charge is 0.262 e. The quantitative estimate of drug-likeness (QED) is 0.714. The van der Waals surface area contributed by atoms with Crippen molar-refractivity contribution in [2.75, 3.05) is 5.73 Å². The van der Waals surface area contributed by atoms with Crippen molar-refractivity contribution in [1.82, 2.24) is 15.0 Å². The molecule has 3 aromatic heterocycles. The number of aromatic amines is 1. The zero-order valence-corrected chi connectivity index (χ0v) is 12.3. The second kappa shape index (κ2) is 4.74. The highest BCUT2D eigenvalue weighted by molar-refractivity contribution is 7.10. The third-order valence-corrected chi connectivity index (χ3v) is 5.02. The van der Waals surface area contributed by atoms with Gasteiger partial charge in [-0.3, -0.25) is 14.6 Å². The van der Waals surface area contributed by atoms with Crippen LogP contribution in [0.2, 0.25) is 0 Å². The van der Waals surface area contributed by atoms with Crippen LogP contribution in [0.1, 0.15) is 33.1 Å². The van der Waals surface area contributed by atoms with E-state index in [0.29, 0.717) is 29.4 Å². The first-order valence-electron chi connectivity index (χ1n) is 6.87. The maximum Gasteiger partial charge on any atom is 0.262 e. The number of fused-ring (bicyclic) bond motifs is 3. The minimum absolute atomic E-state index is 0.0188. The number of anilines is 1. The maximum absolute atomic E-state index is 12.4. The second-order valence-corrected chi connectivity index (χ2v) is 6.32. The Bertz CT molecular complexity index is 946. The molecule has 0 saturated carbocycles. The molecule has 3 aromatic rings. The third-order valence-electron chi connectivity index (χ3n) is 3.99. The van der Waals surface area contributed by atoms with Crippen molar-refractivity contribution in [3.63, 3.8) is 0 Å². The molecule has 7 heteroatoms. The molecule has 1 aliphatic carbocycles. The average Bonchev–Trinajstić information content (AvgIpc) is 3.00. The first kappa shape index (κ1) is 13.1. The Hall–Kier alpha value is -2.54. The van der Waals surface area contributed by atoms with Gasteiger partial charge in [0.25, 0.3) is 5.56 Å². The summed E-state index contributed by atoms with van der Waals surface area (Å²) >= 11 is 1.63. The fraction of sp³-hybridized carbons (Fsp3) is 0.200. The van der Waals surface area contributed by atoms with E-state index in [0.717, 1.165) is 10.4 Å². The summed E-state index contributed by atoms with van der Waals surface area (Å²) in [5.74, 6) is 0.148. The van der Waals surface area contributed by atoms with Crippen molar-refractivity contribution >= 4 is 34.1 Å². The van der Waals surface area contributed by atoms with Gasteiger partial charge in [-0.1, -0.05) is 6.07 Å². The van der Waals surface area contributed by atoms with Gasteiger partial charge in [-0.15, -0.1) is 11.3 Å². The molecule has 0 radical (unpaired) electrons. The molecular formula is C15H12N4O2S. The average molecular weight is 312 g/mol. The number of ketones is 1. The van der Waals surface area contributed by atoms with E-state index in [2.05, 4.69) is 15.0 Å². The number of rotatable bonds is 1. The molecule has 0 bridgehead atoms. The minimum atomic E-state index is -0.341. The second-order valence-electron chi connectivity index (χ2n) is 5.34. The first-order chi connectivity index (χ1) is 10.6. The molecular weight excluding hydrogens is 300 g/mol.